The van der Waals surface area contributed by atoms with Crippen molar-refractivity contribution in [1.82, 2.24) is 4.98 Å². The first kappa shape index (κ1) is 36.7. The molecule has 6 nitrogen and oxygen atoms in total. The van der Waals surface area contributed by atoms with Gasteiger partial charge < -0.3 is 14.9 Å². The minimum Gasteiger partial charge on any atom is -0.445 e. The van der Waals surface area contributed by atoms with Crippen LogP contribution >= 0.6 is 11.3 Å². The Kier molecular flexibility index (Phi) is 10.4. The monoisotopic (exact) mass is 720 g/mol. The van der Waals surface area contributed by atoms with Gasteiger partial charge in [0.05, 0.1) is 17.6 Å². The molecule has 4 saturated carbocycles. The number of aryl methyl sites for hydroxylation is 1. The molecule has 50 heavy (non-hydrogen) atoms. The summed E-state index contributed by atoms with van der Waals surface area (Å²) in [6, 6.07) is 0. The number of rotatable bonds is 9. The molecule has 12 heteroatoms. The van der Waals surface area contributed by atoms with Gasteiger partial charge in [0, 0.05) is 17.5 Å². The summed E-state index contributed by atoms with van der Waals surface area (Å²) in [5.74, 6) is -9.88. The number of amides is 1. The first-order valence-corrected chi connectivity index (χ1v) is 18.4. The number of fused-ring (bicyclic) bond motifs is 1. The number of anilines is 1. The van der Waals surface area contributed by atoms with Crippen molar-refractivity contribution in [1.29, 1.82) is 0 Å². The second-order valence-electron chi connectivity index (χ2n) is 15.1. The van der Waals surface area contributed by atoms with E-state index in [1.807, 2.05) is 18.4 Å². The Hall–Kier alpha value is -3.09. The van der Waals surface area contributed by atoms with Crippen LogP contribution in [0.1, 0.15) is 95.2 Å². The summed E-state index contributed by atoms with van der Waals surface area (Å²) >= 11 is 1.45. The van der Waals surface area contributed by atoms with Crippen molar-refractivity contribution in [2.75, 3.05) is 5.32 Å². The highest BCUT2D eigenvalue weighted by molar-refractivity contribution is 7.09. The van der Waals surface area contributed by atoms with Gasteiger partial charge in [-0.3, -0.25) is 5.32 Å². The zero-order valence-electron chi connectivity index (χ0n) is 28.6. The fourth-order valence-corrected chi connectivity index (χ4v) is 10.2. The number of carbonyl (C=O) groups excluding carboxylic acids is 1. The molecule has 0 saturated heterocycles. The molecule has 6 rings (SSSR count). The SMILES string of the molecule is C=C1/C(=C\C=C2/CCC[C@]3(C)[C@@H]([C@H](C)CC[C@@H](OC(=O)Nc4c(F)c(F)c(F)c(F)c4F)C4(c5nc(C)cs5)CC4)CC[C@@H]23)C[C@@H](O)C[C@@H]1O. The maximum absolute atomic E-state index is 14.4. The molecule has 4 aliphatic carbocycles. The summed E-state index contributed by atoms with van der Waals surface area (Å²) in [5.41, 5.74) is 1.76. The second kappa shape index (κ2) is 14.1. The van der Waals surface area contributed by atoms with Crippen LogP contribution in [0.3, 0.4) is 0 Å². The number of thiazole rings is 1. The average Bonchev–Trinajstić information content (AvgIpc) is 3.63. The fourth-order valence-electron chi connectivity index (χ4n) is 9.11. The Labute approximate surface area is 293 Å². The Balaban J connectivity index is 1.18. The molecule has 272 valence electrons. The van der Waals surface area contributed by atoms with Crippen molar-refractivity contribution < 1.29 is 41.7 Å². The summed E-state index contributed by atoms with van der Waals surface area (Å²) in [4.78, 5) is 17.7. The molecule has 0 aliphatic heterocycles. The lowest BCUT2D eigenvalue weighted by molar-refractivity contribution is 0.0590. The van der Waals surface area contributed by atoms with Crippen LogP contribution in [-0.2, 0) is 10.2 Å². The third kappa shape index (κ3) is 6.79. The minimum absolute atomic E-state index is 0.0494. The number of aliphatic hydroxyl groups is 2. The molecule has 1 heterocycles. The minimum atomic E-state index is -2.31. The number of ether oxygens (including phenoxy) is 1. The Morgan fingerprint density at radius 2 is 1.76 bits per heavy atom. The third-order valence-corrected chi connectivity index (χ3v) is 13.2. The molecular weight excluding hydrogens is 675 g/mol. The van der Waals surface area contributed by atoms with Gasteiger partial charge in [-0.05, 0) is 105 Å². The molecule has 1 aromatic carbocycles. The second-order valence-corrected chi connectivity index (χ2v) is 16.0. The number of benzene rings is 1. The normalized spacial score (nSPS) is 30.3. The number of aliphatic hydroxyl groups excluding tert-OH is 2. The van der Waals surface area contributed by atoms with Crippen molar-refractivity contribution in [2.24, 2.45) is 23.2 Å². The van der Waals surface area contributed by atoms with E-state index in [0.29, 0.717) is 55.9 Å². The molecule has 0 unspecified atom stereocenters. The van der Waals surface area contributed by atoms with Crippen molar-refractivity contribution >= 4 is 23.1 Å². The number of aromatic nitrogens is 1. The molecule has 4 fully saturated rings. The zero-order chi connectivity index (χ0) is 36.1. The summed E-state index contributed by atoms with van der Waals surface area (Å²) < 4.78 is 75.9. The van der Waals surface area contributed by atoms with E-state index in [-0.39, 0.29) is 11.3 Å². The Bertz CT molecular complexity index is 1690. The van der Waals surface area contributed by atoms with E-state index in [2.05, 4.69) is 31.5 Å². The van der Waals surface area contributed by atoms with Gasteiger partial charge in [-0.25, -0.2) is 31.7 Å². The van der Waals surface area contributed by atoms with E-state index in [1.165, 1.54) is 16.9 Å². The van der Waals surface area contributed by atoms with Crippen molar-refractivity contribution in [3.63, 3.8) is 0 Å². The van der Waals surface area contributed by atoms with E-state index in [4.69, 9.17) is 4.74 Å². The first-order chi connectivity index (χ1) is 23.7. The van der Waals surface area contributed by atoms with Crippen LogP contribution in [0.15, 0.2) is 40.8 Å². The van der Waals surface area contributed by atoms with E-state index < -0.39 is 64.6 Å². The number of hydrogen-bond acceptors (Lipinski definition) is 6. The van der Waals surface area contributed by atoms with Crippen LogP contribution in [0.2, 0.25) is 0 Å². The highest BCUT2D eigenvalue weighted by atomic mass is 32.1. The zero-order valence-corrected chi connectivity index (χ0v) is 29.5. The van der Waals surface area contributed by atoms with Gasteiger partial charge in [0.25, 0.3) is 0 Å². The summed E-state index contributed by atoms with van der Waals surface area (Å²) in [6.45, 7) is 10.5. The maximum Gasteiger partial charge on any atom is 0.412 e. The highest BCUT2D eigenvalue weighted by Gasteiger charge is 2.56. The first-order valence-electron chi connectivity index (χ1n) is 17.5. The number of halogens is 5. The quantitative estimate of drug-likeness (QED) is 0.137. The lowest BCUT2D eigenvalue weighted by atomic mass is 9.60. The Morgan fingerprint density at radius 3 is 2.40 bits per heavy atom. The van der Waals surface area contributed by atoms with E-state index in [0.717, 1.165) is 48.4 Å². The topological polar surface area (TPSA) is 91.7 Å². The number of allylic oxidation sites excluding steroid dienone is 3. The smallest absolute Gasteiger partial charge is 0.412 e. The van der Waals surface area contributed by atoms with Crippen LogP contribution in [0.5, 0.6) is 0 Å². The molecular formula is C38H45F5N2O4S. The number of nitrogens with zero attached hydrogens (tertiary/aromatic N) is 1. The maximum atomic E-state index is 14.4. The molecule has 1 aromatic heterocycles. The predicted octanol–water partition coefficient (Wildman–Crippen LogP) is 9.35. The van der Waals surface area contributed by atoms with Gasteiger partial charge in [0.15, 0.2) is 23.3 Å². The largest absolute Gasteiger partial charge is 0.445 e. The van der Waals surface area contributed by atoms with Gasteiger partial charge in [0.1, 0.15) is 16.8 Å². The van der Waals surface area contributed by atoms with E-state index >= 15 is 0 Å². The summed E-state index contributed by atoms with van der Waals surface area (Å²) in [5, 5.41) is 25.0. The lowest BCUT2D eigenvalue weighted by Gasteiger charge is -2.44. The van der Waals surface area contributed by atoms with Gasteiger partial charge in [-0.15, -0.1) is 11.3 Å². The highest BCUT2D eigenvalue weighted by Crippen LogP contribution is 2.60. The molecule has 4 aliphatic rings. The van der Waals surface area contributed by atoms with Crippen LogP contribution in [0, 0.1) is 59.2 Å². The van der Waals surface area contributed by atoms with E-state index in [9.17, 15) is 37.0 Å². The average molecular weight is 721 g/mol. The predicted molar refractivity (Wildman–Crippen MR) is 181 cm³/mol. The van der Waals surface area contributed by atoms with E-state index in [1.54, 1.807) is 5.32 Å². The standard InChI is InChI=1S/C38H45F5N2O4S/c1-19(25-10-11-26-22(6-5-13-37(25,26)4)8-9-23-16-24(46)17-27(47)21(23)3)7-12-28(38(14-15-38)35-44-20(2)18-50-35)49-36(48)45-34-32(42)30(40)29(39)31(41)33(34)43/h8-9,18-19,24-28,46-47H,3,5-7,10-17H2,1-2,4H3,(H,45,48)/b22-8+,23-9-/t19-,24-,25-,26+,27+,28-,37-/m1/s1. The molecule has 2 aromatic rings. The van der Waals surface area contributed by atoms with Crippen molar-refractivity contribution in [2.45, 2.75) is 115 Å². The van der Waals surface area contributed by atoms with Crippen LogP contribution < -0.4 is 5.32 Å². The van der Waals surface area contributed by atoms with Crippen LogP contribution in [0.4, 0.5) is 32.4 Å². The number of nitrogens with one attached hydrogen (secondary N) is 1. The van der Waals surface area contributed by atoms with Crippen LogP contribution in [0.25, 0.3) is 0 Å². The molecule has 3 N–H and O–H groups in total. The summed E-state index contributed by atoms with van der Waals surface area (Å²) in [7, 11) is 0. The van der Waals surface area contributed by atoms with Crippen molar-refractivity contribution in [3.05, 3.63) is 80.6 Å². The molecule has 0 radical (unpaired) electrons. The van der Waals surface area contributed by atoms with Gasteiger partial charge in [0.2, 0.25) is 5.82 Å². The molecule has 0 spiro atoms. The number of carbonyl (C=O) groups is 1. The fraction of sp³-hybridized carbons (Fsp3) is 0.579. The van der Waals surface area contributed by atoms with Gasteiger partial charge in [-0.2, -0.15) is 0 Å². The number of hydrogen-bond donors (Lipinski definition) is 3. The van der Waals surface area contributed by atoms with Crippen molar-refractivity contribution in [3.8, 4) is 0 Å². The van der Waals surface area contributed by atoms with Gasteiger partial charge in [-0.1, -0.05) is 38.2 Å². The molecule has 7 atom stereocenters. The van der Waals surface area contributed by atoms with Crippen LogP contribution in [-0.4, -0.2) is 39.6 Å². The Morgan fingerprint density at radius 1 is 1.08 bits per heavy atom. The third-order valence-electron chi connectivity index (χ3n) is 12.0. The lowest BCUT2D eigenvalue weighted by Crippen LogP contribution is -2.37. The molecule has 0 bridgehead atoms. The molecule has 1 amide bonds. The van der Waals surface area contributed by atoms with Gasteiger partial charge >= 0.3 is 6.09 Å². The summed E-state index contributed by atoms with van der Waals surface area (Å²) in [6.07, 6.45) is 9.33.